The molecule has 1 aromatic heterocycles. The summed E-state index contributed by atoms with van der Waals surface area (Å²) in [6.07, 6.45) is -4.37. The first-order valence-corrected chi connectivity index (χ1v) is 7.31. The van der Waals surface area contributed by atoms with Crippen molar-refractivity contribution in [2.75, 3.05) is 0 Å². The van der Waals surface area contributed by atoms with Crippen molar-refractivity contribution >= 4 is 0 Å². The lowest BCUT2D eigenvalue weighted by molar-refractivity contribution is -0.138. The second-order valence-corrected chi connectivity index (χ2v) is 6.46. The molecule has 1 unspecified atom stereocenters. The summed E-state index contributed by atoms with van der Waals surface area (Å²) >= 11 is 0. The maximum absolute atomic E-state index is 13.0. The smallest absolute Gasteiger partial charge is 0.338 e. The number of nitrogens with zero attached hydrogens (tertiary/aromatic N) is 2. The van der Waals surface area contributed by atoms with Gasteiger partial charge in [-0.1, -0.05) is 44.1 Å². The molecular weight excluding hydrogens is 307 g/mol. The molecule has 0 aliphatic heterocycles. The quantitative estimate of drug-likeness (QED) is 0.913. The molecule has 0 aliphatic carbocycles. The fourth-order valence-electron chi connectivity index (χ4n) is 2.02. The Morgan fingerprint density at radius 2 is 1.83 bits per heavy atom. The van der Waals surface area contributed by atoms with Crippen LogP contribution >= 0.6 is 0 Å². The van der Waals surface area contributed by atoms with Crippen molar-refractivity contribution in [3.05, 3.63) is 47.1 Å². The second kappa shape index (κ2) is 6.31. The third kappa shape index (κ3) is 4.31. The van der Waals surface area contributed by atoms with E-state index in [1.54, 1.807) is 13.0 Å². The van der Waals surface area contributed by atoms with Gasteiger partial charge in [0.15, 0.2) is 5.82 Å². The van der Waals surface area contributed by atoms with Crippen LogP contribution < -0.4 is 5.32 Å². The highest BCUT2D eigenvalue weighted by Gasteiger charge is 2.33. The van der Waals surface area contributed by atoms with E-state index < -0.39 is 11.7 Å². The summed E-state index contributed by atoms with van der Waals surface area (Å²) in [5.74, 6) is 0.927. The zero-order valence-corrected chi connectivity index (χ0v) is 13.5. The third-order valence-electron chi connectivity index (χ3n) is 3.40. The van der Waals surface area contributed by atoms with Crippen LogP contribution in [-0.2, 0) is 18.1 Å². The Morgan fingerprint density at radius 3 is 2.39 bits per heavy atom. The maximum Gasteiger partial charge on any atom is 0.416 e. The normalized spacial score (nSPS) is 14.0. The van der Waals surface area contributed by atoms with Gasteiger partial charge in [0.25, 0.3) is 0 Å². The van der Waals surface area contributed by atoms with Crippen molar-refractivity contribution < 1.29 is 17.7 Å². The van der Waals surface area contributed by atoms with Gasteiger partial charge in [-0.2, -0.15) is 18.2 Å². The van der Waals surface area contributed by atoms with E-state index in [-0.39, 0.29) is 23.6 Å². The average Bonchev–Trinajstić information content (AvgIpc) is 2.94. The summed E-state index contributed by atoms with van der Waals surface area (Å²) in [5.41, 5.74) is -0.701. The summed E-state index contributed by atoms with van der Waals surface area (Å²) in [6, 6.07) is 5.15. The molecule has 7 heteroatoms. The molecule has 0 fully saturated rings. The number of alkyl halides is 3. The van der Waals surface area contributed by atoms with Gasteiger partial charge >= 0.3 is 6.18 Å². The summed E-state index contributed by atoms with van der Waals surface area (Å²) in [5, 5.41) is 6.91. The van der Waals surface area contributed by atoms with E-state index in [4.69, 9.17) is 4.52 Å². The Labute approximate surface area is 133 Å². The number of hydrogen-bond donors (Lipinski definition) is 1. The SMILES string of the molecule is CC(NCc1ccccc1C(F)(F)F)c1nc(C(C)(C)C)no1. The van der Waals surface area contributed by atoms with Crippen molar-refractivity contribution in [3.8, 4) is 0 Å². The van der Waals surface area contributed by atoms with Crippen molar-refractivity contribution in [1.29, 1.82) is 0 Å². The lowest BCUT2D eigenvalue weighted by atomic mass is 9.96. The fraction of sp³-hybridized carbons (Fsp3) is 0.500. The summed E-state index contributed by atoms with van der Waals surface area (Å²) in [4.78, 5) is 4.30. The highest BCUT2D eigenvalue weighted by atomic mass is 19.4. The Hall–Kier alpha value is -1.89. The average molecular weight is 327 g/mol. The molecule has 23 heavy (non-hydrogen) atoms. The molecule has 1 N–H and O–H groups in total. The topological polar surface area (TPSA) is 51.0 Å². The predicted molar refractivity (Wildman–Crippen MR) is 79.7 cm³/mol. The number of hydrogen-bond acceptors (Lipinski definition) is 4. The molecule has 0 radical (unpaired) electrons. The molecule has 0 aliphatic rings. The van der Waals surface area contributed by atoms with Crippen LogP contribution in [0.2, 0.25) is 0 Å². The van der Waals surface area contributed by atoms with E-state index in [1.165, 1.54) is 12.1 Å². The molecule has 1 heterocycles. The first-order valence-electron chi connectivity index (χ1n) is 7.31. The first kappa shape index (κ1) is 17.5. The van der Waals surface area contributed by atoms with Gasteiger partial charge in [-0.05, 0) is 18.6 Å². The summed E-state index contributed by atoms with van der Waals surface area (Å²) < 4.78 is 44.1. The molecular formula is C16H20F3N3O. The Bertz CT molecular complexity index is 659. The molecule has 0 amide bonds. The highest BCUT2D eigenvalue weighted by Crippen LogP contribution is 2.32. The van der Waals surface area contributed by atoms with Crippen molar-refractivity contribution in [2.45, 2.75) is 51.9 Å². The van der Waals surface area contributed by atoms with Gasteiger partial charge < -0.3 is 9.84 Å². The molecule has 1 atom stereocenters. The number of aromatic nitrogens is 2. The van der Waals surface area contributed by atoms with Gasteiger partial charge in [0, 0.05) is 12.0 Å². The Kier molecular flexibility index (Phi) is 4.79. The van der Waals surface area contributed by atoms with Gasteiger partial charge in [0.2, 0.25) is 5.89 Å². The van der Waals surface area contributed by atoms with E-state index in [2.05, 4.69) is 15.5 Å². The Morgan fingerprint density at radius 1 is 1.17 bits per heavy atom. The fourth-order valence-corrected chi connectivity index (χ4v) is 2.02. The van der Waals surface area contributed by atoms with Crippen molar-refractivity contribution in [1.82, 2.24) is 15.5 Å². The van der Waals surface area contributed by atoms with Gasteiger partial charge in [0.1, 0.15) is 0 Å². The summed E-state index contributed by atoms with van der Waals surface area (Å²) in [6.45, 7) is 7.71. The van der Waals surface area contributed by atoms with Crippen LogP contribution in [0.25, 0.3) is 0 Å². The highest BCUT2D eigenvalue weighted by molar-refractivity contribution is 5.29. The third-order valence-corrected chi connectivity index (χ3v) is 3.40. The van der Waals surface area contributed by atoms with Gasteiger partial charge in [-0.3, -0.25) is 0 Å². The van der Waals surface area contributed by atoms with Crippen molar-refractivity contribution in [2.24, 2.45) is 0 Å². The minimum Gasteiger partial charge on any atom is -0.338 e. The minimum absolute atomic E-state index is 0.0596. The zero-order valence-electron chi connectivity index (χ0n) is 13.5. The second-order valence-electron chi connectivity index (χ2n) is 6.46. The minimum atomic E-state index is -4.37. The van der Waals surface area contributed by atoms with Gasteiger partial charge in [0.05, 0.1) is 11.6 Å². The maximum atomic E-state index is 13.0. The summed E-state index contributed by atoms with van der Waals surface area (Å²) in [7, 11) is 0. The molecule has 0 bridgehead atoms. The lowest BCUT2D eigenvalue weighted by Gasteiger charge is -2.15. The first-order chi connectivity index (χ1) is 10.6. The number of halogens is 3. The monoisotopic (exact) mass is 327 g/mol. The van der Waals surface area contributed by atoms with E-state index in [1.807, 2.05) is 20.8 Å². The van der Waals surface area contributed by atoms with Gasteiger partial charge in [-0.25, -0.2) is 0 Å². The van der Waals surface area contributed by atoms with E-state index in [9.17, 15) is 13.2 Å². The van der Waals surface area contributed by atoms with Crippen LogP contribution in [-0.4, -0.2) is 10.1 Å². The van der Waals surface area contributed by atoms with Crippen LogP contribution in [0.1, 0.15) is 56.6 Å². The molecule has 2 aromatic rings. The Balaban J connectivity index is 2.08. The molecule has 0 spiro atoms. The molecule has 0 saturated carbocycles. The largest absolute Gasteiger partial charge is 0.416 e. The molecule has 0 saturated heterocycles. The molecule has 2 rings (SSSR count). The predicted octanol–water partition coefficient (Wildman–Crippen LogP) is 4.24. The number of nitrogens with one attached hydrogen (secondary N) is 1. The van der Waals surface area contributed by atoms with Crippen LogP contribution in [0.15, 0.2) is 28.8 Å². The standard InChI is InChI=1S/C16H20F3N3O/c1-10(13-21-14(22-23-13)15(2,3)4)20-9-11-7-5-6-8-12(11)16(17,18)19/h5-8,10,20H,9H2,1-4H3. The van der Waals surface area contributed by atoms with Crippen molar-refractivity contribution in [3.63, 3.8) is 0 Å². The van der Waals surface area contributed by atoms with Crippen LogP contribution in [0.4, 0.5) is 13.2 Å². The number of benzene rings is 1. The van der Waals surface area contributed by atoms with Crippen LogP contribution in [0, 0.1) is 0 Å². The molecule has 1 aromatic carbocycles. The lowest BCUT2D eigenvalue weighted by Crippen LogP contribution is -2.21. The van der Waals surface area contributed by atoms with E-state index >= 15 is 0 Å². The van der Waals surface area contributed by atoms with Crippen LogP contribution in [0.5, 0.6) is 0 Å². The zero-order chi connectivity index (χ0) is 17.3. The number of rotatable bonds is 4. The molecule has 126 valence electrons. The van der Waals surface area contributed by atoms with E-state index in [0.29, 0.717) is 11.7 Å². The van der Waals surface area contributed by atoms with Crippen LogP contribution in [0.3, 0.4) is 0 Å². The van der Waals surface area contributed by atoms with E-state index in [0.717, 1.165) is 6.07 Å². The molecule has 4 nitrogen and oxygen atoms in total. The van der Waals surface area contributed by atoms with Gasteiger partial charge in [-0.15, -0.1) is 0 Å².